The summed E-state index contributed by atoms with van der Waals surface area (Å²) in [5.41, 5.74) is 2.55. The zero-order valence-electron chi connectivity index (χ0n) is 16.2. The number of para-hydroxylation sites is 1. The Kier molecular flexibility index (Phi) is 5.53. The van der Waals surface area contributed by atoms with Gasteiger partial charge in [-0.25, -0.2) is 9.78 Å². The van der Waals surface area contributed by atoms with Crippen molar-refractivity contribution in [3.05, 3.63) is 72.1 Å². The molecule has 1 saturated heterocycles. The molecule has 1 aromatic heterocycles. The van der Waals surface area contributed by atoms with Crippen LogP contribution in [0.2, 0.25) is 0 Å². The topological polar surface area (TPSA) is 96.3 Å². The number of nitrogens with zero attached hydrogens (tertiary/aromatic N) is 3. The lowest BCUT2D eigenvalue weighted by Gasteiger charge is -2.14. The summed E-state index contributed by atoms with van der Waals surface area (Å²) in [6, 6.07) is 16.2. The highest BCUT2D eigenvalue weighted by Crippen LogP contribution is 2.23. The van der Waals surface area contributed by atoms with E-state index in [1.807, 2.05) is 36.6 Å². The predicted octanol–water partition coefficient (Wildman–Crippen LogP) is 2.90. The summed E-state index contributed by atoms with van der Waals surface area (Å²) < 4.78 is 1.80. The third kappa shape index (κ3) is 3.92. The van der Waals surface area contributed by atoms with Gasteiger partial charge in [0.1, 0.15) is 5.69 Å². The molecule has 1 aliphatic rings. The minimum atomic E-state index is -0.411. The van der Waals surface area contributed by atoms with Crippen molar-refractivity contribution in [1.29, 1.82) is 0 Å². The molecule has 9 heteroatoms. The van der Waals surface area contributed by atoms with Crippen LogP contribution < -0.4 is 10.6 Å². The van der Waals surface area contributed by atoms with E-state index in [-0.39, 0.29) is 24.9 Å². The Morgan fingerprint density at radius 1 is 1.17 bits per heavy atom. The number of nitrogens with one attached hydrogen (secondary N) is 2. The van der Waals surface area contributed by atoms with Crippen LogP contribution in [0.3, 0.4) is 0 Å². The Hall–Kier alpha value is -3.59. The molecule has 0 radical (unpaired) electrons. The lowest BCUT2D eigenvalue weighted by molar-refractivity contribution is -0.125. The van der Waals surface area contributed by atoms with Gasteiger partial charge in [0.2, 0.25) is 5.91 Å². The summed E-state index contributed by atoms with van der Waals surface area (Å²) in [4.78, 5) is 42.0. The molecule has 0 saturated carbocycles. The molecule has 2 heterocycles. The molecule has 1 fully saturated rings. The van der Waals surface area contributed by atoms with Gasteiger partial charge in [0.15, 0.2) is 5.16 Å². The number of aromatic nitrogens is 2. The lowest BCUT2D eigenvalue weighted by Crippen LogP contribution is -2.30. The number of benzene rings is 2. The molecular weight excluding hydrogens is 402 g/mol. The minimum absolute atomic E-state index is 0.0104. The van der Waals surface area contributed by atoms with E-state index in [9.17, 15) is 14.4 Å². The largest absolute Gasteiger partial charge is 0.329 e. The number of imide groups is 1. The van der Waals surface area contributed by atoms with Gasteiger partial charge in [-0.15, -0.1) is 0 Å². The molecule has 152 valence electrons. The Labute approximate surface area is 177 Å². The van der Waals surface area contributed by atoms with E-state index in [2.05, 4.69) is 15.6 Å². The van der Waals surface area contributed by atoms with Crippen molar-refractivity contribution >= 4 is 35.3 Å². The predicted molar refractivity (Wildman–Crippen MR) is 114 cm³/mol. The normalized spacial score (nSPS) is 13.4. The molecule has 0 unspecified atom stereocenters. The lowest BCUT2D eigenvalue weighted by atomic mass is 10.2. The van der Waals surface area contributed by atoms with Crippen molar-refractivity contribution in [2.75, 3.05) is 18.1 Å². The average molecular weight is 421 g/mol. The van der Waals surface area contributed by atoms with Crippen LogP contribution in [-0.4, -0.2) is 45.1 Å². The number of hydrogen-bond acceptors (Lipinski definition) is 5. The number of thioether (sulfide) groups is 1. The van der Waals surface area contributed by atoms with E-state index in [0.29, 0.717) is 16.5 Å². The summed E-state index contributed by atoms with van der Waals surface area (Å²) >= 11 is 1.45. The maximum Gasteiger partial charge on any atom is 0.324 e. The van der Waals surface area contributed by atoms with E-state index >= 15 is 0 Å². The van der Waals surface area contributed by atoms with Gasteiger partial charge in [-0.1, -0.05) is 42.1 Å². The first-order chi connectivity index (χ1) is 14.6. The highest BCUT2D eigenvalue weighted by molar-refractivity contribution is 7.98. The molecule has 4 amide bonds. The van der Waals surface area contributed by atoms with E-state index < -0.39 is 6.03 Å². The number of amides is 4. The van der Waals surface area contributed by atoms with Gasteiger partial charge in [0, 0.05) is 11.4 Å². The van der Waals surface area contributed by atoms with Gasteiger partial charge in [-0.05, 0) is 36.1 Å². The van der Waals surface area contributed by atoms with Crippen molar-refractivity contribution in [1.82, 2.24) is 19.8 Å². The van der Waals surface area contributed by atoms with Gasteiger partial charge in [0.25, 0.3) is 5.91 Å². The van der Waals surface area contributed by atoms with Gasteiger partial charge >= 0.3 is 6.03 Å². The van der Waals surface area contributed by atoms with E-state index in [1.54, 1.807) is 35.0 Å². The summed E-state index contributed by atoms with van der Waals surface area (Å²) in [5.74, 6) is -0.579. The van der Waals surface area contributed by atoms with Gasteiger partial charge in [0.05, 0.1) is 19.3 Å². The van der Waals surface area contributed by atoms with Crippen LogP contribution >= 0.6 is 11.8 Å². The fourth-order valence-electron chi connectivity index (χ4n) is 3.21. The maximum absolute atomic E-state index is 13.0. The molecule has 0 bridgehead atoms. The standard InChI is InChI=1S/C21H19N5O3S/c1-30-21-23-11-17(26(21)16-8-3-2-4-9-16)19(28)24-15-7-5-6-14(10-15)13-25-18(27)12-22-20(25)29/h2-11H,12-13H2,1H3,(H,22,29)(H,24,28). The molecule has 30 heavy (non-hydrogen) atoms. The molecule has 4 rings (SSSR count). The summed E-state index contributed by atoms with van der Waals surface area (Å²) in [6.45, 7) is 0.156. The van der Waals surface area contributed by atoms with Crippen LogP contribution in [0.4, 0.5) is 10.5 Å². The molecule has 0 spiro atoms. The third-order valence-electron chi connectivity index (χ3n) is 4.62. The van der Waals surface area contributed by atoms with Gasteiger partial charge < -0.3 is 10.6 Å². The van der Waals surface area contributed by atoms with Crippen LogP contribution in [0, 0.1) is 0 Å². The second kappa shape index (κ2) is 8.42. The quantitative estimate of drug-likeness (QED) is 0.471. The van der Waals surface area contributed by atoms with Gasteiger partial charge in [-0.3, -0.25) is 19.1 Å². The average Bonchev–Trinajstić information content (AvgIpc) is 3.33. The molecular formula is C21H19N5O3S. The van der Waals surface area contributed by atoms with Crippen LogP contribution in [0.15, 0.2) is 66.0 Å². The highest BCUT2D eigenvalue weighted by atomic mass is 32.2. The number of rotatable bonds is 6. The van der Waals surface area contributed by atoms with Crippen molar-refractivity contribution in [2.45, 2.75) is 11.7 Å². The Balaban J connectivity index is 1.56. The molecule has 0 aliphatic carbocycles. The Morgan fingerprint density at radius 3 is 2.67 bits per heavy atom. The zero-order chi connectivity index (χ0) is 21.1. The van der Waals surface area contributed by atoms with Crippen LogP contribution in [-0.2, 0) is 11.3 Å². The first-order valence-corrected chi connectivity index (χ1v) is 10.4. The third-order valence-corrected chi connectivity index (χ3v) is 5.27. The number of anilines is 1. The first-order valence-electron chi connectivity index (χ1n) is 9.22. The molecule has 0 atom stereocenters. The first kappa shape index (κ1) is 19.7. The highest BCUT2D eigenvalue weighted by Gasteiger charge is 2.28. The second-order valence-electron chi connectivity index (χ2n) is 6.59. The maximum atomic E-state index is 13.0. The fraction of sp³-hybridized carbons (Fsp3) is 0.143. The monoisotopic (exact) mass is 421 g/mol. The number of urea groups is 1. The van der Waals surface area contributed by atoms with E-state index in [1.165, 1.54) is 11.8 Å². The molecule has 1 aliphatic heterocycles. The molecule has 3 aromatic rings. The second-order valence-corrected chi connectivity index (χ2v) is 7.37. The van der Waals surface area contributed by atoms with Gasteiger partial charge in [-0.2, -0.15) is 0 Å². The van der Waals surface area contributed by atoms with Crippen molar-refractivity contribution in [2.24, 2.45) is 0 Å². The number of carbonyl (C=O) groups is 3. The Bertz CT molecular complexity index is 1100. The number of carbonyl (C=O) groups excluding carboxylic acids is 3. The smallest absolute Gasteiger partial charge is 0.324 e. The minimum Gasteiger partial charge on any atom is -0.329 e. The van der Waals surface area contributed by atoms with E-state index in [0.717, 1.165) is 16.2 Å². The van der Waals surface area contributed by atoms with Crippen molar-refractivity contribution in [3.63, 3.8) is 0 Å². The molecule has 8 nitrogen and oxygen atoms in total. The van der Waals surface area contributed by atoms with Crippen molar-refractivity contribution in [3.8, 4) is 5.69 Å². The summed E-state index contributed by atoms with van der Waals surface area (Å²) in [6.07, 6.45) is 3.45. The van der Waals surface area contributed by atoms with Crippen LogP contribution in [0.1, 0.15) is 16.1 Å². The van der Waals surface area contributed by atoms with E-state index in [4.69, 9.17) is 0 Å². The SMILES string of the molecule is CSc1ncc(C(=O)Nc2cccc(CN3C(=O)CNC3=O)c2)n1-c1ccccc1. The fourth-order valence-corrected chi connectivity index (χ4v) is 3.75. The van der Waals surface area contributed by atoms with Crippen molar-refractivity contribution < 1.29 is 14.4 Å². The molecule has 2 aromatic carbocycles. The summed E-state index contributed by atoms with van der Waals surface area (Å²) in [5, 5.41) is 6.08. The molecule has 2 N–H and O–H groups in total. The Morgan fingerprint density at radius 2 is 1.97 bits per heavy atom. The van der Waals surface area contributed by atoms with Crippen LogP contribution in [0.25, 0.3) is 5.69 Å². The van der Waals surface area contributed by atoms with Crippen LogP contribution in [0.5, 0.6) is 0 Å². The number of hydrogen-bond donors (Lipinski definition) is 2. The number of imidazole rings is 1. The zero-order valence-corrected chi connectivity index (χ0v) is 17.0. The summed E-state index contributed by atoms with van der Waals surface area (Å²) in [7, 11) is 0.